The third-order valence-corrected chi connectivity index (χ3v) is 3.42. The number of hydrogen-bond acceptors (Lipinski definition) is 2. The van der Waals surface area contributed by atoms with Crippen molar-refractivity contribution in [2.75, 3.05) is 19.6 Å². The van der Waals surface area contributed by atoms with Gasteiger partial charge in [0.25, 0.3) is 0 Å². The average Bonchev–Trinajstić information content (AvgIpc) is 2.29. The van der Waals surface area contributed by atoms with E-state index in [2.05, 4.69) is 47.4 Å². The minimum absolute atomic E-state index is 0.372. The van der Waals surface area contributed by atoms with Crippen molar-refractivity contribution in [3.63, 3.8) is 0 Å². The van der Waals surface area contributed by atoms with Crippen molar-refractivity contribution in [3.8, 4) is 0 Å². The van der Waals surface area contributed by atoms with Gasteiger partial charge in [-0.15, -0.1) is 0 Å². The van der Waals surface area contributed by atoms with Crippen molar-refractivity contribution in [3.05, 3.63) is 33.4 Å². The lowest BCUT2D eigenvalue weighted by Gasteiger charge is -2.24. The molecule has 0 aliphatic carbocycles. The van der Waals surface area contributed by atoms with E-state index < -0.39 is 0 Å². The Labute approximate surface area is 118 Å². The summed E-state index contributed by atoms with van der Waals surface area (Å²) in [6.45, 7) is 7.23. The van der Waals surface area contributed by atoms with Crippen LogP contribution in [-0.2, 0) is 0 Å². The zero-order chi connectivity index (χ0) is 12.7. The molecule has 0 heterocycles. The molecule has 0 aromatic heterocycles. The monoisotopic (exact) mass is 347 g/mol. The van der Waals surface area contributed by atoms with Crippen LogP contribution in [0.1, 0.15) is 38.4 Å². The van der Waals surface area contributed by atoms with Crippen LogP contribution in [-0.4, -0.2) is 29.6 Å². The maximum atomic E-state index is 10.2. The fraction of sp³-hybridized carbons (Fsp3) is 0.571. The molecule has 3 heteroatoms. The van der Waals surface area contributed by atoms with E-state index in [1.807, 2.05) is 18.2 Å². The fourth-order valence-corrected chi connectivity index (χ4v) is 2.56. The second-order valence-corrected chi connectivity index (χ2v) is 5.62. The van der Waals surface area contributed by atoms with E-state index in [1.54, 1.807) is 0 Å². The summed E-state index contributed by atoms with van der Waals surface area (Å²) in [4.78, 5) is 2.34. The van der Waals surface area contributed by atoms with Crippen molar-refractivity contribution in [2.45, 2.75) is 32.8 Å². The van der Waals surface area contributed by atoms with Crippen LogP contribution in [0, 0.1) is 3.57 Å². The summed E-state index contributed by atoms with van der Waals surface area (Å²) in [5.41, 5.74) is 1.02. The molecule has 1 aromatic rings. The van der Waals surface area contributed by atoms with Crippen LogP contribution in [0.3, 0.4) is 0 Å². The van der Waals surface area contributed by atoms with Crippen LogP contribution >= 0.6 is 22.6 Å². The molecule has 0 fully saturated rings. The first-order valence-electron chi connectivity index (χ1n) is 6.33. The Morgan fingerprint density at radius 3 is 2.41 bits per heavy atom. The largest absolute Gasteiger partial charge is 0.387 e. The number of halogens is 1. The molecule has 1 atom stereocenters. The van der Waals surface area contributed by atoms with Crippen LogP contribution in [0.4, 0.5) is 0 Å². The maximum Gasteiger partial charge on any atom is 0.0917 e. The molecule has 0 aliphatic rings. The standard InChI is InChI=1S/C14H22INO/c1-3-8-16(9-4-2)11-14(17)12-6-5-7-13(15)10-12/h5-7,10,14,17H,3-4,8-9,11H2,1-2H3. The van der Waals surface area contributed by atoms with Gasteiger partial charge in [-0.3, -0.25) is 0 Å². The van der Waals surface area contributed by atoms with Gasteiger partial charge < -0.3 is 10.0 Å². The summed E-state index contributed by atoms with van der Waals surface area (Å²) < 4.78 is 1.18. The van der Waals surface area contributed by atoms with Crippen molar-refractivity contribution in [2.24, 2.45) is 0 Å². The van der Waals surface area contributed by atoms with Gasteiger partial charge in [-0.2, -0.15) is 0 Å². The molecule has 0 bridgehead atoms. The molecule has 1 aromatic carbocycles. The Bertz CT molecular complexity index is 324. The predicted molar refractivity (Wildman–Crippen MR) is 81.1 cm³/mol. The number of benzene rings is 1. The SMILES string of the molecule is CCCN(CCC)CC(O)c1cccc(I)c1. The molecule has 0 aliphatic heterocycles. The average molecular weight is 347 g/mol. The van der Waals surface area contributed by atoms with Gasteiger partial charge in [-0.25, -0.2) is 0 Å². The van der Waals surface area contributed by atoms with Gasteiger partial charge in [0.2, 0.25) is 0 Å². The summed E-state index contributed by atoms with van der Waals surface area (Å²) in [5.74, 6) is 0. The molecule has 17 heavy (non-hydrogen) atoms. The smallest absolute Gasteiger partial charge is 0.0917 e. The molecule has 1 rings (SSSR count). The quantitative estimate of drug-likeness (QED) is 0.764. The van der Waals surface area contributed by atoms with E-state index in [1.165, 1.54) is 3.57 Å². The molecule has 2 nitrogen and oxygen atoms in total. The van der Waals surface area contributed by atoms with Gasteiger partial charge >= 0.3 is 0 Å². The minimum Gasteiger partial charge on any atom is -0.387 e. The topological polar surface area (TPSA) is 23.5 Å². The van der Waals surface area contributed by atoms with Gasteiger partial charge in [-0.1, -0.05) is 26.0 Å². The fourth-order valence-electron chi connectivity index (χ4n) is 1.99. The van der Waals surface area contributed by atoms with Crippen LogP contribution < -0.4 is 0 Å². The highest BCUT2D eigenvalue weighted by Gasteiger charge is 2.12. The lowest BCUT2D eigenvalue weighted by molar-refractivity contribution is 0.113. The van der Waals surface area contributed by atoms with Gasteiger partial charge in [0.15, 0.2) is 0 Å². The Morgan fingerprint density at radius 1 is 1.24 bits per heavy atom. The van der Waals surface area contributed by atoms with Crippen molar-refractivity contribution in [1.82, 2.24) is 4.90 Å². The third kappa shape index (κ3) is 5.36. The highest BCUT2D eigenvalue weighted by molar-refractivity contribution is 14.1. The molecule has 0 saturated heterocycles. The van der Waals surface area contributed by atoms with Crippen LogP contribution in [0.2, 0.25) is 0 Å². The third-order valence-electron chi connectivity index (χ3n) is 2.74. The molecule has 0 amide bonds. The van der Waals surface area contributed by atoms with Crippen LogP contribution in [0.15, 0.2) is 24.3 Å². The summed E-state index contributed by atoms with van der Waals surface area (Å²) in [7, 11) is 0. The van der Waals surface area contributed by atoms with Gasteiger partial charge in [-0.05, 0) is 66.2 Å². The number of aliphatic hydroxyl groups excluding tert-OH is 1. The van der Waals surface area contributed by atoms with E-state index in [9.17, 15) is 5.11 Å². The number of nitrogens with zero attached hydrogens (tertiary/aromatic N) is 1. The van der Waals surface area contributed by atoms with Crippen molar-refractivity contribution < 1.29 is 5.11 Å². The summed E-state index contributed by atoms with van der Waals surface area (Å²) in [6, 6.07) is 8.11. The van der Waals surface area contributed by atoms with Gasteiger partial charge in [0.05, 0.1) is 6.10 Å². The highest BCUT2D eigenvalue weighted by Crippen LogP contribution is 2.17. The molecule has 96 valence electrons. The van der Waals surface area contributed by atoms with Gasteiger partial charge in [0, 0.05) is 10.1 Å². The first-order chi connectivity index (χ1) is 8.17. The molecule has 1 N–H and O–H groups in total. The first-order valence-corrected chi connectivity index (χ1v) is 7.41. The minimum atomic E-state index is -0.372. The Balaban J connectivity index is 2.59. The summed E-state index contributed by atoms with van der Waals surface area (Å²) in [5, 5.41) is 10.2. The summed E-state index contributed by atoms with van der Waals surface area (Å²) >= 11 is 2.28. The van der Waals surface area contributed by atoms with Gasteiger partial charge in [0.1, 0.15) is 0 Å². The molecular weight excluding hydrogens is 325 g/mol. The van der Waals surface area contributed by atoms with E-state index >= 15 is 0 Å². The zero-order valence-corrected chi connectivity index (χ0v) is 12.9. The van der Waals surface area contributed by atoms with Crippen LogP contribution in [0.5, 0.6) is 0 Å². The van der Waals surface area contributed by atoms with Crippen molar-refractivity contribution >= 4 is 22.6 Å². The number of rotatable bonds is 7. The normalized spacial score (nSPS) is 13.0. The van der Waals surface area contributed by atoms with Crippen molar-refractivity contribution in [1.29, 1.82) is 0 Å². The zero-order valence-electron chi connectivity index (χ0n) is 10.7. The lowest BCUT2D eigenvalue weighted by atomic mass is 10.1. The Hall–Kier alpha value is -0.130. The number of aliphatic hydroxyl groups is 1. The predicted octanol–water partition coefficient (Wildman–Crippen LogP) is 3.45. The maximum absolute atomic E-state index is 10.2. The molecule has 0 spiro atoms. The Morgan fingerprint density at radius 2 is 1.88 bits per heavy atom. The second-order valence-electron chi connectivity index (χ2n) is 4.37. The molecule has 0 radical (unpaired) electrons. The number of hydrogen-bond donors (Lipinski definition) is 1. The first kappa shape index (κ1) is 14.9. The Kier molecular flexibility index (Phi) is 7.08. The molecule has 0 saturated carbocycles. The second kappa shape index (κ2) is 8.06. The van der Waals surface area contributed by atoms with Crippen LogP contribution in [0.25, 0.3) is 0 Å². The molecule has 1 unspecified atom stereocenters. The summed E-state index contributed by atoms with van der Waals surface area (Å²) in [6.07, 6.45) is 1.90. The van der Waals surface area contributed by atoms with E-state index in [4.69, 9.17) is 0 Å². The lowest BCUT2D eigenvalue weighted by Crippen LogP contribution is -2.30. The van der Waals surface area contributed by atoms with E-state index in [0.29, 0.717) is 0 Å². The van der Waals surface area contributed by atoms with E-state index in [-0.39, 0.29) is 6.10 Å². The van der Waals surface area contributed by atoms with E-state index in [0.717, 1.165) is 38.0 Å². The molecular formula is C14H22INO. The highest BCUT2D eigenvalue weighted by atomic mass is 127.